The number of aryl methyl sites for hydroxylation is 1. The summed E-state index contributed by atoms with van der Waals surface area (Å²) >= 11 is 0. The highest BCUT2D eigenvalue weighted by Crippen LogP contribution is 2.27. The van der Waals surface area contributed by atoms with Crippen LogP contribution < -0.4 is 0 Å². The van der Waals surface area contributed by atoms with E-state index in [2.05, 4.69) is 31.2 Å². The molecule has 2 aromatic rings. The lowest BCUT2D eigenvalue weighted by Gasteiger charge is -2.06. The van der Waals surface area contributed by atoms with Crippen molar-refractivity contribution in [2.45, 2.75) is 46.0 Å². The summed E-state index contributed by atoms with van der Waals surface area (Å²) in [6.45, 7) is 4.13. The van der Waals surface area contributed by atoms with Crippen molar-refractivity contribution in [3.8, 4) is 11.1 Å². The minimum absolute atomic E-state index is 0.170. The van der Waals surface area contributed by atoms with E-state index in [1.807, 2.05) is 19.1 Å². The van der Waals surface area contributed by atoms with Crippen molar-refractivity contribution in [1.82, 2.24) is 0 Å². The molecule has 0 fully saturated rings. The smallest absolute Gasteiger partial charge is 0.161 e. The highest BCUT2D eigenvalue weighted by molar-refractivity contribution is 5.68. The van der Waals surface area contributed by atoms with Crippen molar-refractivity contribution < 1.29 is 8.78 Å². The molecule has 0 aromatic heterocycles. The zero-order chi connectivity index (χ0) is 16.7. The molecule has 122 valence electrons. The van der Waals surface area contributed by atoms with Crippen molar-refractivity contribution in [2.24, 2.45) is 0 Å². The molecule has 0 bridgehead atoms. The maximum atomic E-state index is 14.0. The standard InChI is InChI=1S/C21H24F2/c1-3-5-7-20(22)21(23)19-14-12-18(13-15-19)17-10-8-16(6-4-2)9-11-17/h8-15H,3-7H2,1-2H3/b21-20+. The number of allylic oxidation sites excluding steroid dienone is 1. The molecule has 0 aliphatic rings. The zero-order valence-electron chi connectivity index (χ0n) is 13.9. The summed E-state index contributed by atoms with van der Waals surface area (Å²) in [5, 5.41) is 0. The van der Waals surface area contributed by atoms with E-state index in [0.717, 1.165) is 30.4 Å². The summed E-state index contributed by atoms with van der Waals surface area (Å²) in [6.07, 6.45) is 3.90. The normalized spacial score (nSPS) is 12.2. The van der Waals surface area contributed by atoms with Crippen LogP contribution in [0, 0.1) is 0 Å². The molecular weight excluding hydrogens is 290 g/mol. The van der Waals surface area contributed by atoms with E-state index < -0.39 is 11.7 Å². The molecule has 0 heterocycles. The van der Waals surface area contributed by atoms with Gasteiger partial charge < -0.3 is 0 Å². The van der Waals surface area contributed by atoms with Gasteiger partial charge in [0.25, 0.3) is 0 Å². The van der Waals surface area contributed by atoms with Gasteiger partial charge in [0.1, 0.15) is 5.83 Å². The van der Waals surface area contributed by atoms with Crippen molar-refractivity contribution >= 4 is 5.83 Å². The molecule has 0 radical (unpaired) electrons. The van der Waals surface area contributed by atoms with E-state index in [0.29, 0.717) is 12.0 Å². The third-order valence-electron chi connectivity index (χ3n) is 3.95. The number of rotatable bonds is 7. The van der Waals surface area contributed by atoms with E-state index in [1.165, 1.54) is 5.56 Å². The van der Waals surface area contributed by atoms with Crippen LogP contribution >= 0.6 is 0 Å². The van der Waals surface area contributed by atoms with Gasteiger partial charge in [0, 0.05) is 12.0 Å². The second-order valence-corrected chi connectivity index (χ2v) is 5.85. The van der Waals surface area contributed by atoms with Crippen molar-refractivity contribution in [3.63, 3.8) is 0 Å². The Kier molecular flexibility index (Phi) is 6.52. The number of hydrogen-bond acceptors (Lipinski definition) is 0. The molecule has 0 amide bonds. The van der Waals surface area contributed by atoms with Gasteiger partial charge in [-0.15, -0.1) is 0 Å². The Morgan fingerprint density at radius 2 is 1.35 bits per heavy atom. The lowest BCUT2D eigenvalue weighted by molar-refractivity contribution is 0.548. The van der Waals surface area contributed by atoms with Crippen LogP contribution in [0.5, 0.6) is 0 Å². The van der Waals surface area contributed by atoms with Gasteiger partial charge in [-0.2, -0.15) is 0 Å². The van der Waals surface area contributed by atoms with E-state index >= 15 is 0 Å². The van der Waals surface area contributed by atoms with Crippen LogP contribution in [-0.2, 0) is 6.42 Å². The molecule has 0 aliphatic heterocycles. The molecule has 2 heteroatoms. The average Bonchev–Trinajstić information content (AvgIpc) is 2.60. The fourth-order valence-electron chi connectivity index (χ4n) is 2.56. The van der Waals surface area contributed by atoms with Gasteiger partial charge in [-0.25, -0.2) is 8.78 Å². The van der Waals surface area contributed by atoms with Crippen LogP contribution in [-0.4, -0.2) is 0 Å². The second-order valence-electron chi connectivity index (χ2n) is 5.85. The summed E-state index contributed by atoms with van der Waals surface area (Å²) in [4.78, 5) is 0. The lowest BCUT2D eigenvalue weighted by atomic mass is 10.0. The molecule has 0 nitrogen and oxygen atoms in total. The van der Waals surface area contributed by atoms with Gasteiger partial charge in [0.2, 0.25) is 0 Å². The molecule has 0 saturated carbocycles. The third kappa shape index (κ3) is 4.75. The van der Waals surface area contributed by atoms with Crippen LogP contribution in [0.3, 0.4) is 0 Å². The molecule has 0 atom stereocenters. The summed E-state index contributed by atoms with van der Waals surface area (Å²) < 4.78 is 27.7. The van der Waals surface area contributed by atoms with E-state index in [-0.39, 0.29) is 6.42 Å². The molecule has 0 saturated heterocycles. The fourth-order valence-corrected chi connectivity index (χ4v) is 2.56. The lowest BCUT2D eigenvalue weighted by Crippen LogP contribution is -1.86. The van der Waals surface area contributed by atoms with Gasteiger partial charge >= 0.3 is 0 Å². The fraction of sp³-hybridized carbons (Fsp3) is 0.333. The average molecular weight is 314 g/mol. The molecule has 2 aromatic carbocycles. The van der Waals surface area contributed by atoms with Crippen LogP contribution in [0.25, 0.3) is 17.0 Å². The summed E-state index contributed by atoms with van der Waals surface area (Å²) in [5.74, 6) is -1.38. The largest absolute Gasteiger partial charge is 0.209 e. The first-order valence-electron chi connectivity index (χ1n) is 8.39. The first-order chi connectivity index (χ1) is 11.2. The van der Waals surface area contributed by atoms with Gasteiger partial charge in [0.15, 0.2) is 5.83 Å². The topological polar surface area (TPSA) is 0 Å². The zero-order valence-corrected chi connectivity index (χ0v) is 13.9. The molecule has 23 heavy (non-hydrogen) atoms. The predicted octanol–water partition coefficient (Wildman–Crippen LogP) is 7.10. The molecule has 0 unspecified atom stereocenters. The minimum atomic E-state index is -0.733. The summed E-state index contributed by atoms with van der Waals surface area (Å²) in [6, 6.07) is 15.4. The summed E-state index contributed by atoms with van der Waals surface area (Å²) in [7, 11) is 0. The Hall–Kier alpha value is -1.96. The molecular formula is C21H24F2. The van der Waals surface area contributed by atoms with Crippen molar-refractivity contribution in [3.05, 3.63) is 65.5 Å². The first-order valence-corrected chi connectivity index (χ1v) is 8.39. The maximum absolute atomic E-state index is 14.0. The van der Waals surface area contributed by atoms with E-state index in [1.54, 1.807) is 12.1 Å². The molecule has 0 aliphatic carbocycles. The van der Waals surface area contributed by atoms with Crippen molar-refractivity contribution in [2.75, 3.05) is 0 Å². The Labute approximate surface area is 137 Å². The second kappa shape index (κ2) is 8.61. The Morgan fingerprint density at radius 1 is 0.783 bits per heavy atom. The number of unbranched alkanes of at least 4 members (excludes halogenated alkanes) is 1. The van der Waals surface area contributed by atoms with Crippen LogP contribution in [0.4, 0.5) is 8.78 Å². The number of hydrogen-bond donors (Lipinski definition) is 0. The number of benzene rings is 2. The van der Waals surface area contributed by atoms with Gasteiger partial charge in [-0.3, -0.25) is 0 Å². The monoisotopic (exact) mass is 314 g/mol. The summed E-state index contributed by atoms with van der Waals surface area (Å²) in [5.41, 5.74) is 3.73. The SMILES string of the molecule is CCCC/C(F)=C(\F)c1ccc(-c2ccc(CCC)cc2)cc1. The minimum Gasteiger partial charge on any atom is -0.209 e. The Morgan fingerprint density at radius 3 is 1.87 bits per heavy atom. The Bertz CT molecular complexity index is 637. The molecule has 2 rings (SSSR count). The van der Waals surface area contributed by atoms with Crippen LogP contribution in [0.1, 0.15) is 50.7 Å². The first kappa shape index (κ1) is 17.4. The predicted molar refractivity (Wildman–Crippen MR) is 94.5 cm³/mol. The molecule has 0 N–H and O–H groups in total. The quantitative estimate of drug-likeness (QED) is 0.511. The van der Waals surface area contributed by atoms with E-state index in [4.69, 9.17) is 0 Å². The number of halogens is 2. The van der Waals surface area contributed by atoms with Gasteiger partial charge in [0.05, 0.1) is 0 Å². The van der Waals surface area contributed by atoms with Gasteiger partial charge in [-0.1, -0.05) is 75.2 Å². The van der Waals surface area contributed by atoms with E-state index in [9.17, 15) is 8.78 Å². The Balaban J connectivity index is 2.15. The highest BCUT2D eigenvalue weighted by atomic mass is 19.2. The highest BCUT2D eigenvalue weighted by Gasteiger charge is 2.09. The van der Waals surface area contributed by atoms with Crippen molar-refractivity contribution in [1.29, 1.82) is 0 Å². The maximum Gasteiger partial charge on any atom is 0.161 e. The van der Waals surface area contributed by atoms with Crippen LogP contribution in [0.15, 0.2) is 54.4 Å². The third-order valence-corrected chi connectivity index (χ3v) is 3.95. The van der Waals surface area contributed by atoms with Gasteiger partial charge in [-0.05, 0) is 29.5 Å². The van der Waals surface area contributed by atoms with Crippen LogP contribution in [0.2, 0.25) is 0 Å². The molecule has 0 spiro atoms.